The molecule has 0 fully saturated rings. The Labute approximate surface area is 141 Å². The van der Waals surface area contributed by atoms with Gasteiger partial charge in [0.2, 0.25) is 0 Å². The first kappa shape index (κ1) is 16.0. The van der Waals surface area contributed by atoms with Crippen molar-refractivity contribution in [2.45, 2.75) is 26.7 Å². The van der Waals surface area contributed by atoms with Crippen LogP contribution in [0.3, 0.4) is 0 Å². The number of carbonyl (C=O) groups is 1. The van der Waals surface area contributed by atoms with Gasteiger partial charge in [0.15, 0.2) is 5.97 Å². The van der Waals surface area contributed by atoms with Crippen LogP contribution in [0.1, 0.15) is 35.6 Å². The summed E-state index contributed by atoms with van der Waals surface area (Å²) < 4.78 is 3.39. The van der Waals surface area contributed by atoms with Crippen molar-refractivity contribution in [3.63, 3.8) is 0 Å². The van der Waals surface area contributed by atoms with Crippen LogP contribution in [-0.4, -0.2) is 10.5 Å². The Bertz CT molecular complexity index is 816. The van der Waals surface area contributed by atoms with Gasteiger partial charge < -0.3 is 9.90 Å². The van der Waals surface area contributed by atoms with E-state index in [-0.39, 0.29) is 5.82 Å². The lowest BCUT2D eigenvalue weighted by Crippen LogP contribution is -2.43. The van der Waals surface area contributed by atoms with Crippen LogP contribution in [0.25, 0.3) is 11.4 Å². The Morgan fingerprint density at radius 3 is 2.29 bits per heavy atom. The number of hydrogen-bond donors (Lipinski definition) is 0. The highest BCUT2D eigenvalue weighted by Crippen LogP contribution is 2.18. The number of rotatable bonds is 5. The van der Waals surface area contributed by atoms with E-state index in [4.69, 9.17) is 0 Å². The second-order valence-electron chi connectivity index (χ2n) is 5.61. The summed E-state index contributed by atoms with van der Waals surface area (Å²) in [5.41, 5.74) is 3.91. The number of aryl methyl sites for hydroxylation is 2. The molecule has 24 heavy (non-hydrogen) atoms. The standard InChI is InChI=1S/C20H20N2O2/c1-3-15-9-5-7-11-17(15)21-13-14-22(19(21)20(23)24)18-12-8-6-10-16(18)4-2/h5-14H,3-4H2,1-2H3. The Hall–Kier alpha value is -2.88. The maximum atomic E-state index is 11.9. The van der Waals surface area contributed by atoms with Crippen LogP contribution in [0, 0.1) is 0 Å². The molecule has 4 heteroatoms. The van der Waals surface area contributed by atoms with Gasteiger partial charge in [-0.15, -0.1) is 0 Å². The van der Waals surface area contributed by atoms with E-state index in [1.54, 1.807) is 21.5 Å². The van der Waals surface area contributed by atoms with Crippen LogP contribution >= 0.6 is 0 Å². The van der Waals surface area contributed by atoms with E-state index in [2.05, 4.69) is 13.8 Å². The summed E-state index contributed by atoms with van der Waals surface area (Å²) in [5, 5.41) is 11.9. The van der Waals surface area contributed by atoms with Crippen LogP contribution in [0.2, 0.25) is 0 Å². The summed E-state index contributed by atoms with van der Waals surface area (Å²) in [5.74, 6) is -1.08. The molecule has 0 unspecified atom stereocenters. The molecule has 1 heterocycles. The van der Waals surface area contributed by atoms with Crippen LogP contribution in [-0.2, 0) is 12.8 Å². The average Bonchev–Trinajstić information content (AvgIpc) is 3.06. The lowest BCUT2D eigenvalue weighted by molar-refractivity contribution is -0.601. The van der Waals surface area contributed by atoms with Crippen LogP contribution in [0.15, 0.2) is 60.9 Å². The molecule has 0 amide bonds. The van der Waals surface area contributed by atoms with E-state index < -0.39 is 5.97 Å². The van der Waals surface area contributed by atoms with Crippen molar-refractivity contribution in [2.24, 2.45) is 0 Å². The SMILES string of the molecule is CCc1ccccc1-n1cc[n+](-c2ccccc2CC)c1C(=O)[O-]. The normalized spacial score (nSPS) is 10.8. The van der Waals surface area contributed by atoms with Gasteiger partial charge in [0.1, 0.15) is 23.8 Å². The van der Waals surface area contributed by atoms with Gasteiger partial charge in [0, 0.05) is 0 Å². The van der Waals surface area contributed by atoms with Crippen molar-refractivity contribution < 1.29 is 14.5 Å². The maximum absolute atomic E-state index is 11.9. The fraction of sp³-hybridized carbons (Fsp3) is 0.200. The molecule has 0 aliphatic heterocycles. The third kappa shape index (κ3) is 2.71. The first-order valence-corrected chi connectivity index (χ1v) is 8.18. The molecule has 0 radical (unpaired) electrons. The van der Waals surface area contributed by atoms with E-state index in [0.717, 1.165) is 35.3 Å². The smallest absolute Gasteiger partial charge is 0.315 e. The predicted molar refractivity (Wildman–Crippen MR) is 90.4 cm³/mol. The largest absolute Gasteiger partial charge is 0.538 e. The highest BCUT2D eigenvalue weighted by molar-refractivity contribution is 5.81. The minimum Gasteiger partial charge on any atom is -0.538 e. The van der Waals surface area contributed by atoms with Crippen LogP contribution in [0.4, 0.5) is 0 Å². The fourth-order valence-corrected chi connectivity index (χ4v) is 3.07. The van der Waals surface area contributed by atoms with Crippen molar-refractivity contribution in [1.82, 2.24) is 4.57 Å². The Morgan fingerprint density at radius 1 is 1.00 bits per heavy atom. The van der Waals surface area contributed by atoms with E-state index in [1.807, 2.05) is 48.5 Å². The summed E-state index contributed by atoms with van der Waals surface area (Å²) in [6.45, 7) is 4.11. The summed E-state index contributed by atoms with van der Waals surface area (Å²) >= 11 is 0. The number of aromatic nitrogens is 2. The number of nitrogens with zero attached hydrogens (tertiary/aromatic N) is 2. The van der Waals surface area contributed by atoms with Gasteiger partial charge >= 0.3 is 5.82 Å². The quantitative estimate of drug-likeness (QED) is 0.677. The van der Waals surface area contributed by atoms with E-state index in [0.29, 0.717) is 0 Å². The van der Waals surface area contributed by atoms with Crippen molar-refractivity contribution >= 4 is 5.97 Å². The van der Waals surface area contributed by atoms with Gasteiger partial charge in [-0.1, -0.05) is 50.2 Å². The van der Waals surface area contributed by atoms with Gasteiger partial charge in [0.05, 0.1) is 0 Å². The van der Waals surface area contributed by atoms with Crippen molar-refractivity contribution in [1.29, 1.82) is 0 Å². The molecule has 0 aliphatic carbocycles. The number of hydrogen-bond acceptors (Lipinski definition) is 2. The lowest BCUT2D eigenvalue weighted by Gasteiger charge is -2.10. The topological polar surface area (TPSA) is 48.9 Å². The third-order valence-electron chi connectivity index (χ3n) is 4.27. The molecule has 0 atom stereocenters. The zero-order chi connectivity index (χ0) is 17.1. The Morgan fingerprint density at radius 2 is 1.62 bits per heavy atom. The zero-order valence-corrected chi connectivity index (χ0v) is 13.9. The number of imidazole rings is 1. The molecule has 3 aromatic rings. The minimum absolute atomic E-state index is 0.122. The number of para-hydroxylation sites is 2. The second-order valence-corrected chi connectivity index (χ2v) is 5.61. The molecule has 3 rings (SSSR count). The molecule has 0 aliphatic rings. The number of carboxylic acids is 1. The molecule has 0 saturated heterocycles. The van der Waals surface area contributed by atoms with Gasteiger partial charge in [0.25, 0.3) is 0 Å². The van der Waals surface area contributed by atoms with E-state index in [1.165, 1.54) is 0 Å². The van der Waals surface area contributed by atoms with Gasteiger partial charge in [-0.05, 0) is 36.1 Å². The number of benzene rings is 2. The number of carbonyl (C=O) groups excluding carboxylic acids is 1. The molecule has 1 aromatic heterocycles. The first-order chi connectivity index (χ1) is 11.7. The monoisotopic (exact) mass is 320 g/mol. The highest BCUT2D eigenvalue weighted by Gasteiger charge is 2.24. The van der Waals surface area contributed by atoms with Crippen molar-refractivity contribution in [2.75, 3.05) is 0 Å². The van der Waals surface area contributed by atoms with Gasteiger partial charge in [-0.25, -0.2) is 0 Å². The van der Waals surface area contributed by atoms with E-state index in [9.17, 15) is 9.90 Å². The van der Waals surface area contributed by atoms with Crippen molar-refractivity contribution in [3.8, 4) is 11.4 Å². The molecule has 0 saturated carbocycles. The number of carboxylic acid groups (broad SMARTS) is 1. The van der Waals surface area contributed by atoms with Gasteiger partial charge in [-0.3, -0.25) is 0 Å². The maximum Gasteiger partial charge on any atom is 0.315 e. The Kier molecular flexibility index (Phi) is 4.47. The zero-order valence-electron chi connectivity index (χ0n) is 13.9. The minimum atomic E-state index is -1.20. The molecule has 0 spiro atoms. The van der Waals surface area contributed by atoms with Crippen molar-refractivity contribution in [3.05, 3.63) is 77.9 Å². The highest BCUT2D eigenvalue weighted by atomic mass is 16.4. The molecular formula is C20H20N2O2. The number of aromatic carboxylic acids is 1. The predicted octanol–water partition coefficient (Wildman–Crippen LogP) is 2.24. The Balaban J connectivity index is 2.25. The lowest BCUT2D eigenvalue weighted by atomic mass is 10.1. The molecule has 122 valence electrons. The molecular weight excluding hydrogens is 300 g/mol. The molecule has 2 aromatic carbocycles. The second kappa shape index (κ2) is 6.71. The average molecular weight is 320 g/mol. The summed E-state index contributed by atoms with van der Waals surface area (Å²) in [6.07, 6.45) is 5.22. The van der Waals surface area contributed by atoms with E-state index >= 15 is 0 Å². The molecule has 0 bridgehead atoms. The third-order valence-corrected chi connectivity index (χ3v) is 4.27. The summed E-state index contributed by atoms with van der Waals surface area (Å²) in [6, 6.07) is 15.6. The fourth-order valence-electron chi connectivity index (χ4n) is 3.07. The summed E-state index contributed by atoms with van der Waals surface area (Å²) in [7, 11) is 0. The summed E-state index contributed by atoms with van der Waals surface area (Å²) in [4.78, 5) is 11.9. The van der Waals surface area contributed by atoms with Crippen LogP contribution in [0.5, 0.6) is 0 Å². The van der Waals surface area contributed by atoms with Crippen LogP contribution < -0.4 is 9.67 Å². The molecule has 4 nitrogen and oxygen atoms in total. The van der Waals surface area contributed by atoms with Gasteiger partial charge in [-0.2, -0.15) is 9.13 Å². The first-order valence-electron chi connectivity index (χ1n) is 8.18. The molecule has 0 N–H and O–H groups in total.